The maximum absolute atomic E-state index is 8.77. The van der Waals surface area contributed by atoms with Gasteiger partial charge in [-0.1, -0.05) is 6.92 Å². The van der Waals surface area contributed by atoms with Crippen molar-refractivity contribution < 1.29 is 14.9 Å². The summed E-state index contributed by atoms with van der Waals surface area (Å²) in [7, 11) is 5.40. The highest BCUT2D eigenvalue weighted by molar-refractivity contribution is 6.10. The van der Waals surface area contributed by atoms with Gasteiger partial charge in [0.25, 0.3) is 0 Å². The molecule has 0 aromatic rings. The molecule has 0 aliphatic heterocycles. The second-order valence-electron chi connectivity index (χ2n) is 2.44. The van der Waals surface area contributed by atoms with Crippen molar-refractivity contribution in [3.05, 3.63) is 11.4 Å². The fraction of sp³-hybridized carbons (Fsp3) is 0.857. The van der Waals surface area contributed by atoms with Gasteiger partial charge in [-0.2, -0.15) is 0 Å². The molecule has 0 fully saturated rings. The van der Waals surface area contributed by atoms with E-state index in [0.29, 0.717) is 6.42 Å². The van der Waals surface area contributed by atoms with Crippen LogP contribution in [0.3, 0.4) is 0 Å². The first-order chi connectivity index (χ1) is 5.64. The van der Waals surface area contributed by atoms with E-state index in [1.165, 1.54) is 0 Å². The summed E-state index contributed by atoms with van der Waals surface area (Å²) in [6, 6.07) is -0.626. The SMILES string of the molecule is [B][C@@H](CC)OC(CO)(CO)[N+]#[C-]. The van der Waals surface area contributed by atoms with Crippen molar-refractivity contribution in [2.75, 3.05) is 13.2 Å². The third-order valence-corrected chi connectivity index (χ3v) is 1.47. The summed E-state index contributed by atoms with van der Waals surface area (Å²) in [4.78, 5) is 2.99. The molecule has 0 saturated carbocycles. The van der Waals surface area contributed by atoms with Crippen LogP contribution in [0.4, 0.5) is 0 Å². The van der Waals surface area contributed by atoms with Crippen LogP contribution in [0.1, 0.15) is 13.3 Å². The van der Waals surface area contributed by atoms with Crippen LogP contribution in [0.15, 0.2) is 0 Å². The standard InChI is InChI=1S/C7H12BNO3/c1-3-6(8)12-7(4-10,5-11)9-2/h6,10-11H,3-5H2,1H3/t6-/m1/s1. The fourth-order valence-corrected chi connectivity index (χ4v) is 0.587. The van der Waals surface area contributed by atoms with Gasteiger partial charge in [0.1, 0.15) is 7.85 Å². The minimum atomic E-state index is -1.57. The van der Waals surface area contributed by atoms with E-state index >= 15 is 0 Å². The molecule has 0 amide bonds. The maximum atomic E-state index is 8.77. The third-order valence-electron chi connectivity index (χ3n) is 1.47. The second kappa shape index (κ2) is 5.15. The summed E-state index contributed by atoms with van der Waals surface area (Å²) in [5.41, 5.74) is -1.57. The van der Waals surface area contributed by atoms with Crippen LogP contribution < -0.4 is 0 Å². The zero-order chi connectivity index (χ0) is 9.61. The normalized spacial score (nSPS) is 13.8. The molecular weight excluding hydrogens is 157 g/mol. The highest BCUT2D eigenvalue weighted by Crippen LogP contribution is 2.14. The topological polar surface area (TPSA) is 54.0 Å². The molecule has 0 aromatic carbocycles. The van der Waals surface area contributed by atoms with E-state index in [2.05, 4.69) is 4.85 Å². The van der Waals surface area contributed by atoms with E-state index < -0.39 is 24.9 Å². The predicted octanol–water partition coefficient (Wildman–Crippen LogP) is -0.492. The first kappa shape index (κ1) is 11.4. The Morgan fingerprint density at radius 2 is 2.08 bits per heavy atom. The third kappa shape index (κ3) is 2.82. The van der Waals surface area contributed by atoms with Crippen molar-refractivity contribution in [2.45, 2.75) is 25.1 Å². The molecule has 0 saturated heterocycles. The fourth-order valence-electron chi connectivity index (χ4n) is 0.587. The Hall–Kier alpha value is -0.565. The average Bonchev–Trinajstić information content (AvgIpc) is 2.14. The zero-order valence-electron chi connectivity index (χ0n) is 7.03. The summed E-state index contributed by atoms with van der Waals surface area (Å²) in [5.74, 6) is 0. The van der Waals surface area contributed by atoms with Crippen molar-refractivity contribution in [3.63, 3.8) is 0 Å². The quantitative estimate of drug-likeness (QED) is 0.431. The van der Waals surface area contributed by atoms with Gasteiger partial charge in [0.2, 0.25) is 0 Å². The molecule has 5 heteroatoms. The number of aliphatic hydroxyl groups is 2. The van der Waals surface area contributed by atoms with Gasteiger partial charge in [0.05, 0.1) is 0 Å². The molecule has 0 aliphatic rings. The molecule has 0 aromatic heterocycles. The molecule has 66 valence electrons. The number of ether oxygens (including phenoxy) is 1. The summed E-state index contributed by atoms with van der Waals surface area (Å²) < 4.78 is 4.96. The maximum Gasteiger partial charge on any atom is 0.382 e. The molecule has 0 bridgehead atoms. The number of nitrogens with zero attached hydrogens (tertiary/aromatic N) is 1. The van der Waals surface area contributed by atoms with Crippen molar-refractivity contribution in [3.8, 4) is 0 Å². The Morgan fingerprint density at radius 3 is 2.33 bits per heavy atom. The number of rotatable bonds is 5. The van der Waals surface area contributed by atoms with Gasteiger partial charge in [0.15, 0.2) is 13.2 Å². The molecular formula is C7H12BNO3. The number of hydrogen-bond donors (Lipinski definition) is 2. The summed E-state index contributed by atoms with van der Waals surface area (Å²) in [6.07, 6.45) is 0.525. The van der Waals surface area contributed by atoms with Crippen LogP contribution in [0.5, 0.6) is 0 Å². The first-order valence-corrected chi connectivity index (χ1v) is 3.68. The van der Waals surface area contributed by atoms with Gasteiger partial charge in [-0.15, -0.1) is 0 Å². The van der Waals surface area contributed by atoms with E-state index in [1.807, 2.05) is 0 Å². The molecule has 4 nitrogen and oxygen atoms in total. The van der Waals surface area contributed by atoms with Gasteiger partial charge < -0.3 is 14.9 Å². The van der Waals surface area contributed by atoms with Gasteiger partial charge >= 0.3 is 5.72 Å². The summed E-state index contributed by atoms with van der Waals surface area (Å²) >= 11 is 0. The van der Waals surface area contributed by atoms with Crippen LogP contribution in [0.25, 0.3) is 4.85 Å². The first-order valence-electron chi connectivity index (χ1n) is 3.68. The molecule has 0 spiro atoms. The second-order valence-corrected chi connectivity index (χ2v) is 2.44. The van der Waals surface area contributed by atoms with Gasteiger partial charge in [-0.25, -0.2) is 6.57 Å². The van der Waals surface area contributed by atoms with Gasteiger partial charge in [-0.05, 0) is 6.42 Å². The predicted molar refractivity (Wildman–Crippen MR) is 44.4 cm³/mol. The largest absolute Gasteiger partial charge is 0.385 e. The molecule has 0 heterocycles. The smallest absolute Gasteiger partial charge is 0.382 e. The van der Waals surface area contributed by atoms with E-state index in [-0.39, 0.29) is 0 Å². The molecule has 0 unspecified atom stereocenters. The Labute approximate surface area is 73.4 Å². The Balaban J connectivity index is 4.22. The lowest BCUT2D eigenvalue weighted by Gasteiger charge is -2.21. The monoisotopic (exact) mass is 169 g/mol. The molecule has 0 rings (SSSR count). The minimum absolute atomic E-state index is 0.525. The van der Waals surface area contributed by atoms with Crippen LogP contribution in [-0.2, 0) is 4.74 Å². The highest BCUT2D eigenvalue weighted by atomic mass is 16.5. The van der Waals surface area contributed by atoms with Gasteiger partial charge in [-0.3, -0.25) is 4.85 Å². The molecule has 2 radical (unpaired) electrons. The minimum Gasteiger partial charge on any atom is -0.385 e. The lowest BCUT2D eigenvalue weighted by molar-refractivity contribution is -0.0912. The molecule has 12 heavy (non-hydrogen) atoms. The Kier molecular flexibility index (Phi) is 4.90. The summed E-state index contributed by atoms with van der Waals surface area (Å²) in [5, 5.41) is 17.5. The molecule has 1 atom stereocenters. The lowest BCUT2D eigenvalue weighted by atomic mass is 9.97. The van der Waals surface area contributed by atoms with E-state index in [9.17, 15) is 0 Å². The van der Waals surface area contributed by atoms with E-state index in [4.69, 9.17) is 29.4 Å². The molecule has 2 N–H and O–H groups in total. The highest BCUT2D eigenvalue weighted by Gasteiger charge is 2.37. The zero-order valence-corrected chi connectivity index (χ0v) is 7.03. The number of hydrogen-bond acceptors (Lipinski definition) is 3. The Bertz CT molecular complexity index is 165. The van der Waals surface area contributed by atoms with E-state index in [0.717, 1.165) is 0 Å². The van der Waals surface area contributed by atoms with Crippen LogP contribution in [0, 0.1) is 6.57 Å². The van der Waals surface area contributed by atoms with Gasteiger partial charge in [0, 0.05) is 6.00 Å². The summed E-state index contributed by atoms with van der Waals surface area (Å²) in [6.45, 7) is 7.38. The van der Waals surface area contributed by atoms with Crippen molar-refractivity contribution in [1.82, 2.24) is 0 Å². The van der Waals surface area contributed by atoms with Crippen molar-refractivity contribution >= 4 is 7.85 Å². The lowest BCUT2D eigenvalue weighted by Crippen LogP contribution is -2.40. The van der Waals surface area contributed by atoms with E-state index in [1.54, 1.807) is 6.92 Å². The van der Waals surface area contributed by atoms with Crippen LogP contribution >= 0.6 is 0 Å². The average molecular weight is 169 g/mol. The van der Waals surface area contributed by atoms with Crippen LogP contribution in [0.2, 0.25) is 0 Å². The number of aliphatic hydroxyl groups excluding tert-OH is 2. The van der Waals surface area contributed by atoms with Crippen LogP contribution in [-0.4, -0.2) is 43.0 Å². The Morgan fingerprint density at radius 1 is 1.58 bits per heavy atom. The van der Waals surface area contributed by atoms with Crippen molar-refractivity contribution in [2.24, 2.45) is 0 Å². The van der Waals surface area contributed by atoms with Crippen molar-refractivity contribution in [1.29, 1.82) is 0 Å². The molecule has 0 aliphatic carbocycles.